The normalized spacial score (nSPS) is 17.1. The van der Waals surface area contributed by atoms with Crippen LogP contribution in [0.5, 0.6) is 0 Å². The molecule has 6 heteroatoms. The Balaban J connectivity index is 2.30. The number of alkyl halides is 2. The van der Waals surface area contributed by atoms with Crippen molar-refractivity contribution in [3.05, 3.63) is 0 Å². The lowest BCUT2D eigenvalue weighted by atomic mass is 9.93. The highest BCUT2D eigenvalue weighted by Gasteiger charge is 2.20. The average molecular weight is 264 g/mol. The van der Waals surface area contributed by atoms with Crippen molar-refractivity contribution in [2.75, 3.05) is 32.8 Å². The van der Waals surface area contributed by atoms with Crippen LogP contribution >= 0.6 is 0 Å². The highest BCUT2D eigenvalue weighted by atomic mass is 19.3. The minimum absolute atomic E-state index is 0.00457. The van der Waals surface area contributed by atoms with E-state index in [0.29, 0.717) is 12.3 Å². The molecule has 0 aliphatic carbocycles. The van der Waals surface area contributed by atoms with Crippen molar-refractivity contribution in [1.82, 2.24) is 10.2 Å². The number of carbonyl (C=O) groups excluding carboxylic acids is 1. The van der Waals surface area contributed by atoms with Crippen molar-refractivity contribution in [1.29, 1.82) is 0 Å². The van der Waals surface area contributed by atoms with Crippen molar-refractivity contribution < 1.29 is 18.7 Å². The fourth-order valence-corrected chi connectivity index (χ4v) is 2.26. The number of hydrogen-bond acceptors (Lipinski definition) is 3. The van der Waals surface area contributed by atoms with E-state index in [1.807, 2.05) is 0 Å². The molecule has 1 aliphatic rings. The van der Waals surface area contributed by atoms with Gasteiger partial charge in [0.15, 0.2) is 0 Å². The van der Waals surface area contributed by atoms with Gasteiger partial charge in [0.2, 0.25) is 5.91 Å². The maximum atomic E-state index is 12.3. The number of aliphatic hydroxyl groups is 1. The molecule has 1 amide bonds. The lowest BCUT2D eigenvalue weighted by molar-refractivity contribution is -0.134. The Hall–Kier alpha value is -0.750. The summed E-state index contributed by atoms with van der Waals surface area (Å²) in [6.07, 6.45) is 0.604. The number of rotatable bonds is 7. The summed E-state index contributed by atoms with van der Waals surface area (Å²) in [6, 6.07) is 0. The summed E-state index contributed by atoms with van der Waals surface area (Å²) in [6.45, 7) is 1.08. The van der Waals surface area contributed by atoms with E-state index in [1.165, 1.54) is 0 Å². The first-order valence-corrected chi connectivity index (χ1v) is 6.51. The van der Waals surface area contributed by atoms with Gasteiger partial charge in [-0.2, -0.15) is 0 Å². The number of halogens is 2. The molecule has 18 heavy (non-hydrogen) atoms. The molecular weight excluding hydrogens is 242 g/mol. The molecule has 0 aromatic rings. The number of piperidine rings is 1. The van der Waals surface area contributed by atoms with E-state index in [0.717, 1.165) is 37.3 Å². The predicted molar refractivity (Wildman–Crippen MR) is 64.5 cm³/mol. The highest BCUT2D eigenvalue weighted by molar-refractivity contribution is 5.76. The summed E-state index contributed by atoms with van der Waals surface area (Å²) in [5, 5.41) is 12.0. The van der Waals surface area contributed by atoms with E-state index in [-0.39, 0.29) is 19.1 Å². The fourth-order valence-electron chi connectivity index (χ4n) is 2.26. The van der Waals surface area contributed by atoms with Gasteiger partial charge in [0.25, 0.3) is 6.43 Å². The predicted octanol–water partition coefficient (Wildman–Crippen LogP) is 0.852. The number of carbonyl (C=O) groups is 1. The molecule has 1 saturated heterocycles. The van der Waals surface area contributed by atoms with Crippen LogP contribution in [0.4, 0.5) is 8.78 Å². The highest BCUT2D eigenvalue weighted by Crippen LogP contribution is 2.18. The van der Waals surface area contributed by atoms with E-state index in [4.69, 9.17) is 5.11 Å². The zero-order valence-corrected chi connectivity index (χ0v) is 10.6. The zero-order chi connectivity index (χ0) is 13.4. The van der Waals surface area contributed by atoms with Crippen molar-refractivity contribution in [3.63, 3.8) is 0 Å². The summed E-state index contributed by atoms with van der Waals surface area (Å²) < 4.78 is 24.6. The Kier molecular flexibility index (Phi) is 7.12. The van der Waals surface area contributed by atoms with Crippen LogP contribution in [0.15, 0.2) is 0 Å². The van der Waals surface area contributed by atoms with Crippen LogP contribution in [-0.4, -0.2) is 55.1 Å². The Morgan fingerprint density at radius 1 is 1.39 bits per heavy atom. The van der Waals surface area contributed by atoms with Gasteiger partial charge in [-0.1, -0.05) is 0 Å². The van der Waals surface area contributed by atoms with Crippen LogP contribution in [0.25, 0.3) is 0 Å². The van der Waals surface area contributed by atoms with E-state index >= 15 is 0 Å². The molecule has 0 atom stereocenters. The monoisotopic (exact) mass is 264 g/mol. The van der Waals surface area contributed by atoms with Crippen LogP contribution < -0.4 is 5.32 Å². The molecule has 106 valence electrons. The number of amides is 1. The smallest absolute Gasteiger partial charge is 0.255 e. The Labute approximate surface area is 106 Å². The Morgan fingerprint density at radius 3 is 2.61 bits per heavy atom. The quantitative estimate of drug-likeness (QED) is 0.717. The van der Waals surface area contributed by atoms with Gasteiger partial charge in [-0.25, -0.2) is 8.78 Å². The second-order valence-electron chi connectivity index (χ2n) is 4.69. The summed E-state index contributed by atoms with van der Waals surface area (Å²) in [4.78, 5) is 12.8. The van der Waals surface area contributed by atoms with Crippen LogP contribution in [-0.2, 0) is 4.79 Å². The minimum atomic E-state index is -2.54. The van der Waals surface area contributed by atoms with E-state index in [1.54, 1.807) is 0 Å². The van der Waals surface area contributed by atoms with Crippen LogP contribution in [0.3, 0.4) is 0 Å². The summed E-state index contributed by atoms with van der Waals surface area (Å²) in [5.41, 5.74) is 0. The Morgan fingerprint density at radius 2 is 2.06 bits per heavy atom. The Bertz CT molecular complexity index is 246. The lowest BCUT2D eigenvalue weighted by Gasteiger charge is -2.25. The van der Waals surface area contributed by atoms with E-state index < -0.39 is 13.0 Å². The molecule has 0 spiro atoms. The third-order valence-electron chi connectivity index (χ3n) is 3.31. The second kappa shape index (κ2) is 8.37. The molecule has 0 unspecified atom stereocenters. The first-order valence-electron chi connectivity index (χ1n) is 6.51. The maximum absolute atomic E-state index is 12.3. The molecule has 1 aliphatic heterocycles. The van der Waals surface area contributed by atoms with Gasteiger partial charge in [0.1, 0.15) is 0 Å². The van der Waals surface area contributed by atoms with Gasteiger partial charge < -0.3 is 15.3 Å². The van der Waals surface area contributed by atoms with Crippen molar-refractivity contribution in [2.45, 2.75) is 32.1 Å². The van der Waals surface area contributed by atoms with Gasteiger partial charge in [-0.15, -0.1) is 0 Å². The van der Waals surface area contributed by atoms with Crippen molar-refractivity contribution in [3.8, 4) is 0 Å². The SMILES string of the molecule is O=C(CCC1CCNCC1)N(CCO)CC(F)F. The summed E-state index contributed by atoms with van der Waals surface area (Å²) in [5.74, 6) is 0.237. The lowest BCUT2D eigenvalue weighted by Crippen LogP contribution is -2.37. The first kappa shape index (κ1) is 15.3. The number of nitrogens with one attached hydrogen (secondary N) is 1. The van der Waals surface area contributed by atoms with Crippen molar-refractivity contribution >= 4 is 5.91 Å². The number of hydrogen-bond donors (Lipinski definition) is 2. The topological polar surface area (TPSA) is 52.6 Å². The third-order valence-corrected chi connectivity index (χ3v) is 3.31. The average Bonchev–Trinajstić information content (AvgIpc) is 2.36. The molecule has 2 N–H and O–H groups in total. The fraction of sp³-hybridized carbons (Fsp3) is 0.917. The molecule has 1 fully saturated rings. The van der Waals surface area contributed by atoms with Gasteiger partial charge in [-0.05, 0) is 38.3 Å². The largest absolute Gasteiger partial charge is 0.395 e. The van der Waals surface area contributed by atoms with Crippen LogP contribution in [0.1, 0.15) is 25.7 Å². The van der Waals surface area contributed by atoms with Crippen molar-refractivity contribution in [2.24, 2.45) is 5.92 Å². The van der Waals surface area contributed by atoms with Crippen LogP contribution in [0.2, 0.25) is 0 Å². The first-order chi connectivity index (χ1) is 8.63. The van der Waals surface area contributed by atoms with Gasteiger partial charge >= 0.3 is 0 Å². The summed E-state index contributed by atoms with van der Waals surface area (Å²) in [7, 11) is 0. The van der Waals surface area contributed by atoms with Gasteiger partial charge in [-0.3, -0.25) is 4.79 Å². The second-order valence-corrected chi connectivity index (χ2v) is 4.69. The van der Waals surface area contributed by atoms with E-state index in [2.05, 4.69) is 5.32 Å². The standard InChI is InChI=1S/C12H22F2N2O2/c13-11(14)9-16(7-8-17)12(18)2-1-10-3-5-15-6-4-10/h10-11,15,17H,1-9H2. The van der Waals surface area contributed by atoms with Gasteiger partial charge in [0, 0.05) is 13.0 Å². The molecule has 4 nitrogen and oxygen atoms in total. The molecule has 0 bridgehead atoms. The molecule has 0 radical (unpaired) electrons. The third kappa shape index (κ3) is 5.73. The maximum Gasteiger partial charge on any atom is 0.255 e. The molecule has 0 saturated carbocycles. The number of aliphatic hydroxyl groups excluding tert-OH is 1. The minimum Gasteiger partial charge on any atom is -0.395 e. The molecule has 1 heterocycles. The summed E-state index contributed by atoms with van der Waals surface area (Å²) >= 11 is 0. The van der Waals surface area contributed by atoms with Gasteiger partial charge in [0.05, 0.1) is 13.2 Å². The molecule has 0 aromatic heterocycles. The molecule has 0 aromatic carbocycles. The molecular formula is C12H22F2N2O2. The van der Waals surface area contributed by atoms with E-state index in [9.17, 15) is 13.6 Å². The van der Waals surface area contributed by atoms with Crippen LogP contribution in [0, 0.1) is 5.92 Å². The number of nitrogens with zero attached hydrogens (tertiary/aromatic N) is 1. The molecule has 1 rings (SSSR count). The zero-order valence-electron chi connectivity index (χ0n) is 10.6.